The summed E-state index contributed by atoms with van der Waals surface area (Å²) in [5.74, 6) is -1.13. The van der Waals surface area contributed by atoms with Crippen LogP contribution in [-0.4, -0.2) is 37.2 Å². The van der Waals surface area contributed by atoms with Crippen LogP contribution in [0.1, 0.15) is 149 Å². The van der Waals surface area contributed by atoms with Crippen LogP contribution in [0.25, 0.3) is 0 Å². The lowest BCUT2D eigenvalue weighted by molar-refractivity contribution is -0.166. The Morgan fingerprint density at radius 3 is 1.11 bits per heavy atom. The van der Waals surface area contributed by atoms with Gasteiger partial charge in [-0.05, 0) is 96.3 Å². The first kappa shape index (κ1) is 57.8. The predicted octanol–water partition coefficient (Wildman–Crippen LogP) is 15.6. The van der Waals surface area contributed by atoms with Gasteiger partial charge in [0.1, 0.15) is 13.2 Å². The molecule has 0 radical (unpaired) electrons. The van der Waals surface area contributed by atoms with Gasteiger partial charge in [-0.25, -0.2) is 0 Å². The van der Waals surface area contributed by atoms with E-state index >= 15 is 0 Å². The topological polar surface area (TPSA) is 78.9 Å². The number of rotatable bonds is 39. The maximum absolute atomic E-state index is 12.7. The summed E-state index contributed by atoms with van der Waals surface area (Å²) in [4.78, 5) is 37.8. The summed E-state index contributed by atoms with van der Waals surface area (Å²) in [6.07, 6.45) is 73.5. The Morgan fingerprint density at radius 1 is 0.333 bits per heavy atom. The van der Waals surface area contributed by atoms with E-state index in [0.29, 0.717) is 19.3 Å². The van der Waals surface area contributed by atoms with Gasteiger partial charge in [0.25, 0.3) is 0 Å². The van der Waals surface area contributed by atoms with Gasteiger partial charge in [-0.15, -0.1) is 0 Å². The van der Waals surface area contributed by atoms with Crippen LogP contribution in [0.3, 0.4) is 0 Å². The van der Waals surface area contributed by atoms with Crippen molar-refractivity contribution in [1.82, 2.24) is 0 Å². The molecule has 0 spiro atoms. The molecule has 0 aliphatic rings. The molecule has 0 aliphatic heterocycles. The molecule has 0 rings (SSSR count). The molecule has 1 unspecified atom stereocenters. The van der Waals surface area contributed by atoms with E-state index in [0.717, 1.165) is 89.9 Å². The molecule has 346 valence electrons. The first-order valence-electron chi connectivity index (χ1n) is 23.7. The third kappa shape index (κ3) is 47.7. The molecular weight excluding hydrogens is 781 g/mol. The Balaban J connectivity index is 4.66. The highest BCUT2D eigenvalue weighted by Crippen LogP contribution is 2.10. The Kier molecular flexibility index (Phi) is 45.3. The number of hydrogen-bond acceptors (Lipinski definition) is 6. The molecule has 0 fully saturated rings. The lowest BCUT2D eigenvalue weighted by Crippen LogP contribution is -2.30. The molecule has 0 aromatic carbocycles. The molecule has 6 nitrogen and oxygen atoms in total. The maximum atomic E-state index is 12.7. The lowest BCUT2D eigenvalue weighted by atomic mass is 10.1. The minimum absolute atomic E-state index is 0.148. The molecule has 0 aliphatic carbocycles. The van der Waals surface area contributed by atoms with E-state index in [1.165, 1.54) is 0 Å². The largest absolute Gasteiger partial charge is 0.462 e. The van der Waals surface area contributed by atoms with E-state index in [9.17, 15) is 14.4 Å². The molecule has 1 atom stereocenters. The van der Waals surface area contributed by atoms with Gasteiger partial charge in [-0.3, -0.25) is 14.4 Å². The van der Waals surface area contributed by atoms with E-state index in [2.05, 4.69) is 106 Å². The SMILES string of the molecule is CC/C=C/C=C/C=C/C=C/CCCCCC(=O)OCC(COC(=O)CC/C=C/C/C=C/C/C=C/C/C=C/C/C=C/C/C=C/CC)OC(=O)CCCCC/C=C/C=C/C=C/C=C/CC. The van der Waals surface area contributed by atoms with Crippen molar-refractivity contribution in [3.05, 3.63) is 170 Å². The Morgan fingerprint density at radius 2 is 0.683 bits per heavy atom. The quantitative estimate of drug-likeness (QED) is 0.0201. The van der Waals surface area contributed by atoms with Crippen molar-refractivity contribution in [2.75, 3.05) is 13.2 Å². The number of ether oxygens (including phenoxy) is 3. The van der Waals surface area contributed by atoms with Gasteiger partial charge in [0.2, 0.25) is 0 Å². The summed E-state index contributed by atoms with van der Waals surface area (Å²) in [6.45, 7) is 6.06. The molecule has 0 saturated carbocycles. The van der Waals surface area contributed by atoms with Crippen molar-refractivity contribution in [1.29, 1.82) is 0 Å². The van der Waals surface area contributed by atoms with Crippen molar-refractivity contribution < 1.29 is 28.6 Å². The van der Waals surface area contributed by atoms with Crippen LogP contribution in [0.4, 0.5) is 0 Å². The summed E-state index contributed by atoms with van der Waals surface area (Å²) in [5, 5.41) is 0. The van der Waals surface area contributed by atoms with Crippen LogP contribution in [0, 0.1) is 0 Å². The van der Waals surface area contributed by atoms with E-state index < -0.39 is 6.10 Å². The van der Waals surface area contributed by atoms with Crippen molar-refractivity contribution in [2.24, 2.45) is 0 Å². The first-order valence-corrected chi connectivity index (χ1v) is 23.7. The fourth-order valence-electron chi connectivity index (χ4n) is 5.43. The number of hydrogen-bond donors (Lipinski definition) is 0. The third-order valence-corrected chi connectivity index (χ3v) is 8.90. The zero-order chi connectivity index (χ0) is 45.8. The fraction of sp³-hybridized carbons (Fsp3) is 0.456. The van der Waals surface area contributed by atoms with E-state index in [-0.39, 0.29) is 50.4 Å². The van der Waals surface area contributed by atoms with Crippen LogP contribution < -0.4 is 0 Å². The summed E-state index contributed by atoms with van der Waals surface area (Å²) < 4.78 is 16.6. The Labute approximate surface area is 383 Å². The Hall–Kier alpha value is -5.23. The van der Waals surface area contributed by atoms with Crippen LogP contribution in [-0.2, 0) is 28.6 Å². The van der Waals surface area contributed by atoms with Gasteiger partial charge in [0, 0.05) is 19.3 Å². The molecule has 0 N–H and O–H groups in total. The molecule has 0 bridgehead atoms. The molecule has 63 heavy (non-hydrogen) atoms. The van der Waals surface area contributed by atoms with Crippen molar-refractivity contribution in [3.8, 4) is 0 Å². The fourth-order valence-corrected chi connectivity index (χ4v) is 5.43. The number of esters is 3. The maximum Gasteiger partial charge on any atom is 0.306 e. The van der Waals surface area contributed by atoms with Crippen molar-refractivity contribution in [2.45, 2.75) is 155 Å². The van der Waals surface area contributed by atoms with Crippen molar-refractivity contribution in [3.63, 3.8) is 0 Å². The minimum atomic E-state index is -0.854. The van der Waals surface area contributed by atoms with Gasteiger partial charge in [0.05, 0.1) is 0 Å². The van der Waals surface area contributed by atoms with Crippen LogP contribution in [0.2, 0.25) is 0 Å². The van der Waals surface area contributed by atoms with E-state index in [1.54, 1.807) is 0 Å². The minimum Gasteiger partial charge on any atom is -0.462 e. The second-order valence-electron chi connectivity index (χ2n) is 14.7. The van der Waals surface area contributed by atoms with E-state index in [4.69, 9.17) is 14.2 Å². The average Bonchev–Trinajstić information content (AvgIpc) is 3.28. The standard InChI is InChI=1S/C57H82O6/c1-4-7-10-13-16-19-22-25-26-27-28-29-30-33-35-38-41-44-47-50-56(59)62-53-54(63-57(60)51-48-45-42-39-36-32-24-21-18-15-12-9-6-3)52-61-55(58)49-46-43-40-37-34-31-23-20-17-14-11-8-5-2/h7-12,14-21,23-26,28-29,31-36,41,44,54H,4-6,13,22,27,30,37-40,42-43,45-53H2,1-3H3/b10-7+,11-8+,12-9+,17-14+,18-15+,19-16+,23-20+,24-21+,26-25+,29-28+,34-31+,35-33+,36-32+,44-41+. The number of unbranched alkanes of at least 4 members (excludes halogenated alkanes) is 6. The highest BCUT2D eigenvalue weighted by atomic mass is 16.6. The zero-order valence-corrected chi connectivity index (χ0v) is 39.2. The van der Waals surface area contributed by atoms with Crippen LogP contribution >= 0.6 is 0 Å². The smallest absolute Gasteiger partial charge is 0.306 e. The van der Waals surface area contributed by atoms with Crippen LogP contribution in [0.5, 0.6) is 0 Å². The normalized spacial score (nSPS) is 13.6. The van der Waals surface area contributed by atoms with Gasteiger partial charge in [0.15, 0.2) is 6.10 Å². The average molecular weight is 863 g/mol. The third-order valence-electron chi connectivity index (χ3n) is 8.90. The van der Waals surface area contributed by atoms with Gasteiger partial charge in [-0.2, -0.15) is 0 Å². The second kappa shape index (κ2) is 49.4. The molecule has 0 amide bonds. The highest BCUT2D eigenvalue weighted by Gasteiger charge is 2.19. The summed E-state index contributed by atoms with van der Waals surface area (Å²) in [6, 6.07) is 0. The molecule has 0 aromatic rings. The molecular formula is C57H82O6. The highest BCUT2D eigenvalue weighted by molar-refractivity contribution is 5.71. The summed E-state index contributed by atoms with van der Waals surface area (Å²) in [5.41, 5.74) is 0. The van der Waals surface area contributed by atoms with E-state index in [1.807, 2.05) is 85.1 Å². The number of carbonyl (C=O) groups is 3. The summed E-state index contributed by atoms with van der Waals surface area (Å²) >= 11 is 0. The number of carbonyl (C=O) groups excluding carboxylic acids is 3. The Bertz CT molecular complexity index is 1550. The van der Waals surface area contributed by atoms with Gasteiger partial charge >= 0.3 is 17.9 Å². The molecule has 0 aromatic heterocycles. The zero-order valence-electron chi connectivity index (χ0n) is 39.2. The molecule has 0 heterocycles. The first-order chi connectivity index (χ1) is 31.0. The van der Waals surface area contributed by atoms with Gasteiger partial charge in [-0.1, -0.05) is 204 Å². The predicted molar refractivity (Wildman–Crippen MR) is 269 cm³/mol. The van der Waals surface area contributed by atoms with Crippen molar-refractivity contribution >= 4 is 17.9 Å². The lowest BCUT2D eigenvalue weighted by Gasteiger charge is -2.18. The second-order valence-corrected chi connectivity index (χ2v) is 14.7. The molecule has 0 saturated heterocycles. The molecule has 6 heteroatoms. The summed E-state index contributed by atoms with van der Waals surface area (Å²) in [7, 11) is 0. The van der Waals surface area contributed by atoms with Crippen LogP contribution in [0.15, 0.2) is 170 Å². The van der Waals surface area contributed by atoms with Gasteiger partial charge < -0.3 is 14.2 Å². The monoisotopic (exact) mass is 863 g/mol. The number of allylic oxidation sites excluding steroid dienone is 28.